The van der Waals surface area contributed by atoms with Gasteiger partial charge in [0.05, 0.1) is 5.56 Å². The molecule has 0 bridgehead atoms. The smallest absolute Gasteiger partial charge is 0.419 e. The molecule has 0 unspecified atom stereocenters. The van der Waals surface area contributed by atoms with Crippen LogP contribution < -0.4 is 10.6 Å². The summed E-state index contributed by atoms with van der Waals surface area (Å²) in [4.78, 5) is 56.5. The zero-order valence-electron chi connectivity index (χ0n) is 24.1. The third kappa shape index (κ3) is 6.87. The highest BCUT2D eigenvalue weighted by atomic mass is 16.7. The number of anilines is 2. The Balaban J connectivity index is 1.37. The molecule has 0 radical (unpaired) electrons. The first-order valence-corrected chi connectivity index (χ1v) is 14.4. The maximum absolute atomic E-state index is 13.7. The first-order chi connectivity index (χ1) is 20.2. The van der Waals surface area contributed by atoms with Crippen LogP contribution in [0.25, 0.3) is 5.52 Å². The van der Waals surface area contributed by atoms with Crippen molar-refractivity contribution in [2.24, 2.45) is 5.92 Å². The van der Waals surface area contributed by atoms with E-state index in [1.54, 1.807) is 25.3 Å². The Morgan fingerprint density at radius 3 is 2.60 bits per heavy atom. The van der Waals surface area contributed by atoms with E-state index in [-0.39, 0.29) is 30.5 Å². The van der Waals surface area contributed by atoms with Crippen molar-refractivity contribution >= 4 is 40.9 Å². The molecule has 2 heterocycles. The molecule has 5 rings (SSSR count). The van der Waals surface area contributed by atoms with Gasteiger partial charge < -0.3 is 20.1 Å². The van der Waals surface area contributed by atoms with Gasteiger partial charge in [0.2, 0.25) is 6.79 Å². The number of nitrogens with zero attached hydrogens (tertiary/aromatic N) is 4. The van der Waals surface area contributed by atoms with Crippen LogP contribution >= 0.6 is 0 Å². The van der Waals surface area contributed by atoms with Crippen LogP contribution in [0.5, 0.6) is 0 Å². The molecule has 0 spiro atoms. The van der Waals surface area contributed by atoms with Crippen LogP contribution in [0.4, 0.5) is 16.3 Å². The van der Waals surface area contributed by atoms with E-state index >= 15 is 0 Å². The molecule has 2 aromatic heterocycles. The summed E-state index contributed by atoms with van der Waals surface area (Å²) in [5.41, 5.74) is 3.53. The number of fused-ring (bicyclic) bond motifs is 1. The first-order valence-electron chi connectivity index (χ1n) is 14.4. The summed E-state index contributed by atoms with van der Waals surface area (Å²) >= 11 is 0. The van der Waals surface area contributed by atoms with Crippen molar-refractivity contribution in [2.75, 3.05) is 18.7 Å². The quantitative estimate of drug-likeness (QED) is 0.232. The summed E-state index contributed by atoms with van der Waals surface area (Å²) in [5, 5.41) is 10.6. The molecule has 3 aromatic rings. The van der Waals surface area contributed by atoms with E-state index in [2.05, 4.69) is 20.7 Å². The number of ether oxygens (including phenoxy) is 2. The van der Waals surface area contributed by atoms with E-state index in [4.69, 9.17) is 9.47 Å². The number of aryl methyl sites for hydroxylation is 2. The topological polar surface area (TPSA) is 144 Å². The summed E-state index contributed by atoms with van der Waals surface area (Å²) in [5.74, 6) is -0.225. The Kier molecular flexibility index (Phi) is 8.69. The Morgan fingerprint density at radius 2 is 1.88 bits per heavy atom. The second-order valence-electron chi connectivity index (χ2n) is 11.0. The summed E-state index contributed by atoms with van der Waals surface area (Å²) in [7, 11) is 0. The van der Waals surface area contributed by atoms with Gasteiger partial charge in [0.25, 0.3) is 11.8 Å². The Labute approximate surface area is 243 Å². The van der Waals surface area contributed by atoms with Gasteiger partial charge in [-0.25, -0.2) is 19.2 Å². The van der Waals surface area contributed by atoms with Crippen molar-refractivity contribution in [1.29, 1.82) is 0 Å². The Morgan fingerprint density at radius 1 is 1.10 bits per heavy atom. The summed E-state index contributed by atoms with van der Waals surface area (Å²) in [6.07, 6.45) is 7.67. The van der Waals surface area contributed by atoms with Gasteiger partial charge in [-0.05, 0) is 68.7 Å². The second-order valence-corrected chi connectivity index (χ2v) is 11.0. The van der Waals surface area contributed by atoms with E-state index in [9.17, 15) is 19.2 Å². The lowest BCUT2D eigenvalue weighted by Gasteiger charge is -2.20. The number of carbonyl (C=O) groups excluding carboxylic acids is 4. The van der Waals surface area contributed by atoms with Crippen molar-refractivity contribution in [2.45, 2.75) is 71.8 Å². The van der Waals surface area contributed by atoms with Gasteiger partial charge in [-0.15, -0.1) is 0 Å². The molecule has 42 heavy (non-hydrogen) atoms. The lowest BCUT2D eigenvalue weighted by molar-refractivity contribution is -0.152. The zero-order valence-corrected chi connectivity index (χ0v) is 24.1. The highest BCUT2D eigenvalue weighted by Gasteiger charge is 2.31. The third-order valence-electron chi connectivity index (χ3n) is 7.50. The number of nitrogens with one attached hydrogen (secondary N) is 2. The number of esters is 1. The van der Waals surface area contributed by atoms with Gasteiger partial charge >= 0.3 is 12.1 Å². The van der Waals surface area contributed by atoms with E-state index in [0.29, 0.717) is 46.9 Å². The van der Waals surface area contributed by atoms with Crippen molar-refractivity contribution < 1.29 is 28.7 Å². The van der Waals surface area contributed by atoms with Crippen molar-refractivity contribution in [3.05, 3.63) is 53.0 Å². The van der Waals surface area contributed by atoms with Gasteiger partial charge in [0, 0.05) is 36.5 Å². The normalized spacial score (nSPS) is 14.4. The number of hydrogen-bond acceptors (Lipinski definition) is 9. The summed E-state index contributed by atoms with van der Waals surface area (Å²) in [6.45, 7) is 5.15. The third-order valence-corrected chi connectivity index (χ3v) is 7.50. The van der Waals surface area contributed by atoms with Crippen LogP contribution in [0.3, 0.4) is 0 Å². The number of imide groups is 1. The van der Waals surface area contributed by atoms with Crippen LogP contribution in [0.1, 0.15) is 83.7 Å². The lowest BCUT2D eigenvalue weighted by Crippen LogP contribution is -2.39. The van der Waals surface area contributed by atoms with Crippen LogP contribution in [0, 0.1) is 19.8 Å². The molecule has 3 amide bonds. The van der Waals surface area contributed by atoms with E-state index in [0.717, 1.165) is 36.1 Å². The fourth-order valence-electron chi connectivity index (χ4n) is 4.63. The molecule has 2 N–H and O–H groups in total. The largest absolute Gasteiger partial charge is 0.428 e. The SMILES string of the molecule is CCCC(=O)OCOC(=O)N(CCC1CC1)C(=O)c1cn2ncnc(Nc3cc(C(=O)NC4CC4)ccc3C)c2c1C. The molecule has 2 fully saturated rings. The number of hydrogen-bond donors (Lipinski definition) is 2. The van der Waals surface area contributed by atoms with Crippen LogP contribution in [-0.4, -0.2) is 62.8 Å². The van der Waals surface area contributed by atoms with Gasteiger partial charge in [-0.2, -0.15) is 5.10 Å². The van der Waals surface area contributed by atoms with Gasteiger partial charge in [-0.3, -0.25) is 14.4 Å². The van der Waals surface area contributed by atoms with Crippen molar-refractivity contribution in [1.82, 2.24) is 24.8 Å². The van der Waals surface area contributed by atoms with Gasteiger partial charge in [0.15, 0.2) is 5.82 Å². The maximum atomic E-state index is 13.7. The molecule has 0 aliphatic heterocycles. The van der Waals surface area contributed by atoms with Crippen LogP contribution in [0.2, 0.25) is 0 Å². The van der Waals surface area contributed by atoms with E-state index in [1.807, 2.05) is 19.9 Å². The molecule has 2 saturated carbocycles. The average Bonchev–Trinajstić information content (AvgIpc) is 3.90. The number of benzene rings is 1. The summed E-state index contributed by atoms with van der Waals surface area (Å²) in [6, 6.07) is 5.67. The zero-order chi connectivity index (χ0) is 29.8. The minimum atomic E-state index is -0.874. The standard InChI is InChI=1S/C30H36N6O6/c1-4-5-25(37)41-17-42-30(40)35(13-12-20-7-8-20)29(39)23-15-36-26(19(23)3)27(31-16-32-36)34-24-14-21(9-6-18(24)2)28(38)33-22-10-11-22/h6,9,14-16,20,22H,4-5,7-8,10-13,17H2,1-3H3,(H,33,38)(H,31,32,34). The first kappa shape index (κ1) is 29.0. The fraction of sp³-hybridized carbons (Fsp3) is 0.467. The predicted molar refractivity (Wildman–Crippen MR) is 153 cm³/mol. The highest BCUT2D eigenvalue weighted by molar-refractivity contribution is 6.05. The molecule has 2 aliphatic carbocycles. The molecule has 0 atom stereocenters. The Bertz CT molecular complexity index is 1510. The summed E-state index contributed by atoms with van der Waals surface area (Å²) < 4.78 is 11.6. The maximum Gasteiger partial charge on any atom is 0.419 e. The minimum Gasteiger partial charge on any atom is -0.428 e. The highest BCUT2D eigenvalue weighted by Crippen LogP contribution is 2.33. The fourth-order valence-corrected chi connectivity index (χ4v) is 4.63. The molecule has 12 heteroatoms. The number of amides is 3. The van der Waals surface area contributed by atoms with Gasteiger partial charge in [-0.1, -0.05) is 25.8 Å². The number of carbonyl (C=O) groups is 4. The second kappa shape index (κ2) is 12.6. The molecule has 12 nitrogen and oxygen atoms in total. The molecule has 0 saturated heterocycles. The number of aromatic nitrogens is 3. The molecule has 222 valence electrons. The monoisotopic (exact) mass is 576 g/mol. The van der Waals surface area contributed by atoms with E-state index < -0.39 is 24.8 Å². The van der Waals surface area contributed by atoms with Crippen LogP contribution in [0.15, 0.2) is 30.7 Å². The molecule has 2 aliphatic rings. The predicted octanol–water partition coefficient (Wildman–Crippen LogP) is 4.66. The van der Waals surface area contributed by atoms with E-state index in [1.165, 1.54) is 10.8 Å². The average molecular weight is 577 g/mol. The Hall–Kier alpha value is -4.48. The van der Waals surface area contributed by atoms with Gasteiger partial charge in [0.1, 0.15) is 11.8 Å². The van der Waals surface area contributed by atoms with Crippen LogP contribution in [-0.2, 0) is 14.3 Å². The molecule has 1 aromatic carbocycles. The minimum absolute atomic E-state index is 0.126. The molecular weight excluding hydrogens is 540 g/mol. The van der Waals surface area contributed by atoms with Crippen molar-refractivity contribution in [3.63, 3.8) is 0 Å². The lowest BCUT2D eigenvalue weighted by atomic mass is 10.1. The number of rotatable bonds is 12. The molecular formula is C30H36N6O6. The van der Waals surface area contributed by atoms with Crippen molar-refractivity contribution in [3.8, 4) is 0 Å².